The number of hydrogen-bond donors (Lipinski definition) is 2. The number of nitrogens with one attached hydrogen (secondary N) is 1. The molecule has 0 aliphatic carbocycles. The summed E-state index contributed by atoms with van der Waals surface area (Å²) < 4.78 is 22.7. The molecule has 10 heteroatoms. The molecule has 3 aliphatic rings. The second-order valence-corrected chi connectivity index (χ2v) is 8.11. The molecule has 2 atom stereocenters. The summed E-state index contributed by atoms with van der Waals surface area (Å²) in [7, 11) is 0. The number of anilines is 1. The molecule has 10 nitrogen and oxygen atoms in total. The van der Waals surface area contributed by atoms with E-state index in [9.17, 15) is 5.11 Å². The molecule has 0 amide bonds. The molecule has 174 valence electrons. The normalized spacial score (nSPS) is 20.6. The Labute approximate surface area is 195 Å². The van der Waals surface area contributed by atoms with E-state index >= 15 is 0 Å². The summed E-state index contributed by atoms with van der Waals surface area (Å²) in [5, 5.41) is 14.0. The van der Waals surface area contributed by atoms with Crippen molar-refractivity contribution in [1.82, 2.24) is 14.9 Å². The molecule has 0 radical (unpaired) electrons. The Kier molecular flexibility index (Phi) is 5.27. The van der Waals surface area contributed by atoms with Crippen LogP contribution in [0.1, 0.15) is 17.0 Å². The zero-order valence-electron chi connectivity index (χ0n) is 18.3. The monoisotopic (exact) mass is 461 g/mol. The zero-order chi connectivity index (χ0) is 22.9. The van der Waals surface area contributed by atoms with Crippen molar-refractivity contribution in [2.45, 2.75) is 25.4 Å². The Hall–Kier alpha value is -4.05. The number of aliphatic imine (C=N–C) groups is 1. The average molecular weight is 461 g/mol. The van der Waals surface area contributed by atoms with Gasteiger partial charge in [0.2, 0.25) is 18.1 Å². The highest BCUT2D eigenvalue weighted by Gasteiger charge is 2.30. The Morgan fingerprint density at radius 2 is 2.18 bits per heavy atom. The van der Waals surface area contributed by atoms with Crippen LogP contribution < -0.4 is 14.8 Å². The predicted octanol–water partition coefficient (Wildman–Crippen LogP) is 2.43. The van der Waals surface area contributed by atoms with Crippen molar-refractivity contribution in [3.63, 3.8) is 0 Å². The number of aliphatic hydroxyl groups excluding tert-OH is 1. The summed E-state index contributed by atoms with van der Waals surface area (Å²) in [6, 6.07) is 9.77. The first-order chi connectivity index (χ1) is 16.7. The van der Waals surface area contributed by atoms with E-state index in [-0.39, 0.29) is 12.7 Å². The molecule has 34 heavy (non-hydrogen) atoms. The molecule has 3 aliphatic heterocycles. The lowest BCUT2D eigenvalue weighted by molar-refractivity contribution is 0.0348. The number of ether oxygens (including phenoxy) is 3. The van der Waals surface area contributed by atoms with Gasteiger partial charge in [0.05, 0.1) is 18.4 Å². The highest BCUT2D eigenvalue weighted by molar-refractivity contribution is 5.97. The number of oxazole rings is 1. The lowest BCUT2D eigenvalue weighted by Crippen LogP contribution is -2.41. The number of aliphatic hydroxyl groups is 1. The van der Waals surface area contributed by atoms with E-state index in [0.29, 0.717) is 43.1 Å². The summed E-state index contributed by atoms with van der Waals surface area (Å²) >= 11 is 0. The van der Waals surface area contributed by atoms with Crippen LogP contribution in [0, 0.1) is 0 Å². The van der Waals surface area contributed by atoms with Crippen LogP contribution in [-0.2, 0) is 17.7 Å². The van der Waals surface area contributed by atoms with Crippen LogP contribution in [0.5, 0.6) is 11.6 Å². The Morgan fingerprint density at radius 3 is 3.09 bits per heavy atom. The van der Waals surface area contributed by atoms with Crippen LogP contribution in [0.15, 0.2) is 64.5 Å². The quantitative estimate of drug-likeness (QED) is 0.591. The van der Waals surface area contributed by atoms with E-state index in [1.807, 2.05) is 29.2 Å². The minimum absolute atomic E-state index is 0.236. The number of fused-ring (bicyclic) bond motifs is 4. The number of pyridine rings is 1. The van der Waals surface area contributed by atoms with Crippen molar-refractivity contribution in [3.05, 3.63) is 72.1 Å². The second-order valence-electron chi connectivity index (χ2n) is 8.11. The van der Waals surface area contributed by atoms with Gasteiger partial charge in [0.1, 0.15) is 19.5 Å². The molecular formula is C24H23N5O5. The Bertz CT molecular complexity index is 1240. The van der Waals surface area contributed by atoms with E-state index in [2.05, 4.69) is 26.3 Å². The molecule has 2 aromatic heterocycles. The summed E-state index contributed by atoms with van der Waals surface area (Å²) in [5.41, 5.74) is 4.09. The van der Waals surface area contributed by atoms with Gasteiger partial charge in [-0.3, -0.25) is 0 Å². The fourth-order valence-electron chi connectivity index (χ4n) is 4.23. The number of rotatable bonds is 5. The van der Waals surface area contributed by atoms with Gasteiger partial charge in [-0.1, -0.05) is 6.07 Å². The third-order valence-electron chi connectivity index (χ3n) is 5.87. The lowest BCUT2D eigenvalue weighted by atomic mass is 9.95. The van der Waals surface area contributed by atoms with E-state index in [0.717, 1.165) is 23.4 Å². The molecule has 2 N–H and O–H groups in total. The number of hydrogen-bond acceptors (Lipinski definition) is 10. The molecular weight excluding hydrogens is 438 g/mol. The molecule has 1 aromatic carbocycles. The van der Waals surface area contributed by atoms with Crippen molar-refractivity contribution in [2.75, 3.05) is 25.1 Å². The maximum atomic E-state index is 10.6. The number of nitrogens with zero attached hydrogens (tertiary/aromatic N) is 4. The van der Waals surface area contributed by atoms with Crippen LogP contribution >= 0.6 is 0 Å². The Morgan fingerprint density at radius 1 is 1.21 bits per heavy atom. The van der Waals surface area contributed by atoms with Crippen LogP contribution in [0.2, 0.25) is 0 Å². The molecule has 6 rings (SSSR count). The molecule has 5 heterocycles. The smallest absolute Gasteiger partial charge is 0.257 e. The fourth-order valence-corrected chi connectivity index (χ4v) is 4.23. The van der Waals surface area contributed by atoms with Crippen LogP contribution in [0.25, 0.3) is 5.70 Å². The summed E-state index contributed by atoms with van der Waals surface area (Å²) in [4.78, 5) is 14.4. The maximum Gasteiger partial charge on any atom is 0.257 e. The third kappa shape index (κ3) is 4.03. The first kappa shape index (κ1) is 20.5. The maximum absolute atomic E-state index is 10.6. The number of aromatic nitrogens is 2. The summed E-state index contributed by atoms with van der Waals surface area (Å²) in [6.07, 6.45) is 6.21. The topological polar surface area (TPSA) is 114 Å². The first-order valence-electron chi connectivity index (χ1n) is 11.1. The van der Waals surface area contributed by atoms with E-state index < -0.39 is 6.35 Å². The minimum atomic E-state index is -1.00. The van der Waals surface area contributed by atoms with Crippen molar-refractivity contribution in [1.29, 1.82) is 0 Å². The number of benzene rings is 1. The van der Waals surface area contributed by atoms with Crippen LogP contribution in [0.4, 0.5) is 5.69 Å². The van der Waals surface area contributed by atoms with E-state index in [1.165, 1.54) is 5.56 Å². The van der Waals surface area contributed by atoms with Crippen molar-refractivity contribution in [3.8, 4) is 11.6 Å². The van der Waals surface area contributed by atoms with Crippen molar-refractivity contribution in [2.24, 2.45) is 4.99 Å². The van der Waals surface area contributed by atoms with Gasteiger partial charge in [-0.2, -0.15) is 4.99 Å². The van der Waals surface area contributed by atoms with Gasteiger partial charge >= 0.3 is 0 Å². The van der Waals surface area contributed by atoms with Gasteiger partial charge < -0.3 is 34.0 Å². The third-order valence-corrected chi connectivity index (χ3v) is 5.87. The van der Waals surface area contributed by atoms with Gasteiger partial charge in [0.25, 0.3) is 5.88 Å². The highest BCUT2D eigenvalue weighted by atomic mass is 16.6. The van der Waals surface area contributed by atoms with Crippen molar-refractivity contribution >= 4 is 17.3 Å². The first-order valence-corrected chi connectivity index (χ1v) is 11.1. The highest BCUT2D eigenvalue weighted by Crippen LogP contribution is 2.34. The molecule has 2 unspecified atom stereocenters. The van der Waals surface area contributed by atoms with Gasteiger partial charge in [-0.25, -0.2) is 9.97 Å². The van der Waals surface area contributed by atoms with Crippen LogP contribution in [0.3, 0.4) is 0 Å². The van der Waals surface area contributed by atoms with Gasteiger partial charge in [-0.15, -0.1) is 0 Å². The summed E-state index contributed by atoms with van der Waals surface area (Å²) in [6.45, 7) is 1.73. The van der Waals surface area contributed by atoms with Crippen LogP contribution in [-0.4, -0.2) is 58.1 Å². The molecule has 0 saturated carbocycles. The van der Waals surface area contributed by atoms with Crippen molar-refractivity contribution < 1.29 is 23.7 Å². The standard InChI is InChI=1S/C24H23N5O5/c30-24-28-21(32-13-17-14-33-23-20(34-17)2-1-6-26-23)11-19-18-4-3-16(10-15(18)5-8-29(19)24)27-12-22-25-7-9-31-22/h1-4,6-7,9-11,17,24,27,30H,5,8,12-14H2. The van der Waals surface area contributed by atoms with E-state index in [1.54, 1.807) is 24.7 Å². The Balaban J connectivity index is 1.15. The SMILES string of the molecule is OC1N=C(OCC2COc3ncccc3O2)C=C2c3ccc(NCc4ncco4)cc3CCN21. The van der Waals surface area contributed by atoms with Gasteiger partial charge in [-0.05, 0) is 36.2 Å². The van der Waals surface area contributed by atoms with Gasteiger partial charge in [0.15, 0.2) is 11.9 Å². The van der Waals surface area contributed by atoms with E-state index in [4.69, 9.17) is 18.6 Å². The molecule has 0 fully saturated rings. The fraction of sp³-hybridized carbons (Fsp3) is 0.292. The molecule has 0 spiro atoms. The molecule has 0 bridgehead atoms. The average Bonchev–Trinajstić information content (AvgIpc) is 3.39. The minimum Gasteiger partial charge on any atom is -0.478 e. The lowest BCUT2D eigenvalue weighted by Gasteiger charge is -2.37. The zero-order valence-corrected chi connectivity index (χ0v) is 18.3. The molecule has 3 aromatic rings. The second kappa shape index (κ2) is 8.71. The predicted molar refractivity (Wildman–Crippen MR) is 122 cm³/mol. The summed E-state index contributed by atoms with van der Waals surface area (Å²) in [5.74, 6) is 2.06. The molecule has 0 saturated heterocycles. The largest absolute Gasteiger partial charge is 0.478 e. The van der Waals surface area contributed by atoms with Gasteiger partial charge in [0, 0.05) is 30.1 Å².